The van der Waals surface area contributed by atoms with Crippen molar-refractivity contribution in [2.75, 3.05) is 12.4 Å². The highest BCUT2D eigenvalue weighted by atomic mass is 35.5. The topological polar surface area (TPSA) is 79.8 Å². The third-order valence-electron chi connectivity index (χ3n) is 3.08. The Labute approximate surface area is 131 Å². The van der Waals surface area contributed by atoms with E-state index in [1.165, 1.54) is 6.33 Å². The van der Waals surface area contributed by atoms with Gasteiger partial charge in [0.2, 0.25) is 0 Å². The van der Waals surface area contributed by atoms with Crippen LogP contribution in [0.15, 0.2) is 42.7 Å². The van der Waals surface area contributed by atoms with Gasteiger partial charge in [0.1, 0.15) is 17.0 Å². The van der Waals surface area contributed by atoms with Crippen molar-refractivity contribution in [3.63, 3.8) is 0 Å². The molecule has 0 atom stereocenters. The van der Waals surface area contributed by atoms with E-state index in [9.17, 15) is 4.79 Å². The number of aromatic nitrogens is 3. The Morgan fingerprint density at radius 2 is 1.86 bits per heavy atom. The van der Waals surface area contributed by atoms with E-state index in [-0.39, 0.29) is 5.91 Å². The SMILES string of the molecule is CNC(=O)c1ccc(Nc2ncnc3ccc(Cl)nc23)cc1. The number of anilines is 2. The molecule has 22 heavy (non-hydrogen) atoms. The number of pyridine rings is 1. The molecule has 0 saturated heterocycles. The summed E-state index contributed by atoms with van der Waals surface area (Å²) in [4.78, 5) is 24.1. The van der Waals surface area contributed by atoms with Crippen molar-refractivity contribution in [1.29, 1.82) is 0 Å². The largest absolute Gasteiger partial charge is 0.355 e. The van der Waals surface area contributed by atoms with Gasteiger partial charge in [-0.3, -0.25) is 4.79 Å². The van der Waals surface area contributed by atoms with Crippen LogP contribution in [0.3, 0.4) is 0 Å². The summed E-state index contributed by atoms with van der Waals surface area (Å²) < 4.78 is 0. The molecule has 6 nitrogen and oxygen atoms in total. The predicted molar refractivity (Wildman–Crippen MR) is 85.5 cm³/mol. The number of fused-ring (bicyclic) bond motifs is 1. The van der Waals surface area contributed by atoms with Gasteiger partial charge >= 0.3 is 0 Å². The summed E-state index contributed by atoms with van der Waals surface area (Å²) in [5.41, 5.74) is 2.66. The first-order valence-electron chi connectivity index (χ1n) is 6.54. The first kappa shape index (κ1) is 14.2. The van der Waals surface area contributed by atoms with Crippen molar-refractivity contribution >= 4 is 40.0 Å². The Morgan fingerprint density at radius 1 is 1.09 bits per heavy atom. The van der Waals surface area contributed by atoms with Crippen molar-refractivity contribution in [3.8, 4) is 0 Å². The van der Waals surface area contributed by atoms with E-state index >= 15 is 0 Å². The fourth-order valence-electron chi connectivity index (χ4n) is 1.99. The Morgan fingerprint density at radius 3 is 2.59 bits per heavy atom. The van der Waals surface area contributed by atoms with Crippen LogP contribution >= 0.6 is 11.6 Å². The molecule has 2 heterocycles. The number of hydrogen-bond acceptors (Lipinski definition) is 5. The molecule has 1 amide bonds. The molecule has 0 aliphatic rings. The molecule has 0 aliphatic carbocycles. The van der Waals surface area contributed by atoms with Crippen LogP contribution in [0, 0.1) is 0 Å². The van der Waals surface area contributed by atoms with Crippen LogP contribution in [0.2, 0.25) is 5.15 Å². The third-order valence-corrected chi connectivity index (χ3v) is 3.30. The second-order valence-corrected chi connectivity index (χ2v) is 4.89. The summed E-state index contributed by atoms with van der Waals surface area (Å²) in [7, 11) is 1.59. The van der Waals surface area contributed by atoms with E-state index in [4.69, 9.17) is 11.6 Å². The van der Waals surface area contributed by atoms with Crippen LogP contribution < -0.4 is 10.6 Å². The van der Waals surface area contributed by atoms with E-state index in [0.29, 0.717) is 27.6 Å². The molecule has 0 radical (unpaired) electrons. The normalized spacial score (nSPS) is 10.5. The number of carbonyl (C=O) groups excluding carboxylic acids is 1. The van der Waals surface area contributed by atoms with Gasteiger partial charge in [-0.05, 0) is 36.4 Å². The number of rotatable bonds is 3. The number of halogens is 1. The molecule has 0 spiro atoms. The minimum atomic E-state index is -0.132. The summed E-state index contributed by atoms with van der Waals surface area (Å²) in [6.45, 7) is 0. The number of benzene rings is 1. The molecule has 0 bridgehead atoms. The highest BCUT2D eigenvalue weighted by Gasteiger charge is 2.07. The quantitative estimate of drug-likeness (QED) is 0.727. The van der Waals surface area contributed by atoms with Gasteiger partial charge in [0.05, 0.1) is 5.52 Å². The highest BCUT2D eigenvalue weighted by molar-refractivity contribution is 6.29. The van der Waals surface area contributed by atoms with Crippen molar-refractivity contribution < 1.29 is 4.79 Å². The average Bonchev–Trinajstić information content (AvgIpc) is 2.55. The minimum absolute atomic E-state index is 0.132. The second kappa shape index (κ2) is 5.95. The number of amides is 1. The van der Waals surface area contributed by atoms with Crippen LogP contribution in [-0.4, -0.2) is 27.9 Å². The first-order valence-corrected chi connectivity index (χ1v) is 6.91. The summed E-state index contributed by atoms with van der Waals surface area (Å²) >= 11 is 5.93. The van der Waals surface area contributed by atoms with Crippen LogP contribution in [0.25, 0.3) is 11.0 Å². The maximum atomic E-state index is 11.5. The smallest absolute Gasteiger partial charge is 0.251 e. The van der Waals surface area contributed by atoms with Gasteiger partial charge in [-0.2, -0.15) is 0 Å². The van der Waals surface area contributed by atoms with Gasteiger partial charge in [-0.1, -0.05) is 11.6 Å². The average molecular weight is 314 g/mol. The molecule has 0 saturated carbocycles. The van der Waals surface area contributed by atoms with Crippen LogP contribution in [0.4, 0.5) is 11.5 Å². The molecule has 2 N–H and O–H groups in total. The van der Waals surface area contributed by atoms with E-state index < -0.39 is 0 Å². The summed E-state index contributed by atoms with van der Waals surface area (Å²) in [5.74, 6) is 0.424. The zero-order valence-electron chi connectivity index (χ0n) is 11.7. The van der Waals surface area contributed by atoms with Crippen molar-refractivity contribution in [2.24, 2.45) is 0 Å². The van der Waals surface area contributed by atoms with Crippen LogP contribution in [-0.2, 0) is 0 Å². The first-order chi connectivity index (χ1) is 10.7. The molecule has 0 fully saturated rings. The van der Waals surface area contributed by atoms with Crippen molar-refractivity contribution in [3.05, 3.63) is 53.4 Å². The predicted octanol–water partition coefficient (Wildman–Crippen LogP) is 2.78. The van der Waals surface area contributed by atoms with E-state index in [1.807, 2.05) is 0 Å². The second-order valence-electron chi connectivity index (χ2n) is 4.51. The number of hydrogen-bond donors (Lipinski definition) is 2. The monoisotopic (exact) mass is 313 g/mol. The minimum Gasteiger partial charge on any atom is -0.355 e. The Kier molecular flexibility index (Phi) is 3.84. The summed E-state index contributed by atoms with van der Waals surface area (Å²) in [6.07, 6.45) is 1.46. The lowest BCUT2D eigenvalue weighted by atomic mass is 10.2. The molecule has 2 aromatic heterocycles. The molecule has 110 valence electrons. The third kappa shape index (κ3) is 2.82. The van der Waals surface area contributed by atoms with Crippen molar-refractivity contribution in [1.82, 2.24) is 20.3 Å². The highest BCUT2D eigenvalue weighted by Crippen LogP contribution is 2.23. The summed E-state index contributed by atoms with van der Waals surface area (Å²) in [6, 6.07) is 10.5. The Balaban J connectivity index is 1.93. The van der Waals surface area contributed by atoms with Crippen LogP contribution in [0.5, 0.6) is 0 Å². The molecule has 0 aliphatic heterocycles. The van der Waals surface area contributed by atoms with Crippen LogP contribution in [0.1, 0.15) is 10.4 Å². The molecule has 7 heteroatoms. The van der Waals surface area contributed by atoms with Gasteiger partial charge in [-0.15, -0.1) is 0 Å². The van der Waals surface area contributed by atoms with Gasteiger partial charge in [0, 0.05) is 18.3 Å². The fourth-order valence-corrected chi connectivity index (χ4v) is 2.14. The summed E-state index contributed by atoms with van der Waals surface area (Å²) in [5, 5.41) is 6.11. The molecule has 1 aromatic carbocycles. The maximum Gasteiger partial charge on any atom is 0.251 e. The van der Waals surface area contributed by atoms with E-state index in [0.717, 1.165) is 5.69 Å². The number of nitrogens with zero attached hydrogens (tertiary/aromatic N) is 3. The van der Waals surface area contributed by atoms with Gasteiger partial charge in [-0.25, -0.2) is 15.0 Å². The number of carbonyl (C=O) groups is 1. The molecular formula is C15H12ClN5O. The standard InChI is InChI=1S/C15H12ClN5O/c1-17-15(22)9-2-4-10(5-3-9)20-14-13-11(18-8-19-14)6-7-12(16)21-13/h2-8H,1H3,(H,17,22)(H,18,19,20). The van der Waals surface area contributed by atoms with Gasteiger partial charge < -0.3 is 10.6 Å². The zero-order valence-corrected chi connectivity index (χ0v) is 12.4. The van der Waals surface area contributed by atoms with E-state index in [1.54, 1.807) is 43.4 Å². The molecule has 0 unspecified atom stereocenters. The van der Waals surface area contributed by atoms with Crippen molar-refractivity contribution in [2.45, 2.75) is 0 Å². The Bertz CT molecular complexity index is 835. The van der Waals surface area contributed by atoms with E-state index in [2.05, 4.69) is 25.6 Å². The van der Waals surface area contributed by atoms with Gasteiger partial charge in [0.25, 0.3) is 5.91 Å². The lowest BCUT2D eigenvalue weighted by molar-refractivity contribution is 0.0963. The lowest BCUT2D eigenvalue weighted by Gasteiger charge is -2.08. The molecular weight excluding hydrogens is 302 g/mol. The Hall–Kier alpha value is -2.73. The zero-order chi connectivity index (χ0) is 15.5. The number of nitrogens with one attached hydrogen (secondary N) is 2. The maximum absolute atomic E-state index is 11.5. The fraction of sp³-hybridized carbons (Fsp3) is 0.0667. The molecule has 3 rings (SSSR count). The molecule has 3 aromatic rings. The lowest BCUT2D eigenvalue weighted by Crippen LogP contribution is -2.17. The van der Waals surface area contributed by atoms with Gasteiger partial charge in [0.15, 0.2) is 5.82 Å².